The Morgan fingerprint density at radius 1 is 1.17 bits per heavy atom. The predicted octanol–water partition coefficient (Wildman–Crippen LogP) is 2.59. The molecule has 0 bridgehead atoms. The van der Waals surface area contributed by atoms with Gasteiger partial charge < -0.3 is 11.1 Å². The highest BCUT2D eigenvalue weighted by Crippen LogP contribution is 2.27. The van der Waals surface area contributed by atoms with Crippen molar-refractivity contribution in [3.05, 3.63) is 0 Å². The second kappa shape index (κ2) is 6.55. The van der Waals surface area contributed by atoms with Crippen LogP contribution in [0.3, 0.4) is 0 Å². The molecule has 3 N–H and O–H groups in total. The van der Waals surface area contributed by atoms with Crippen LogP contribution in [0.4, 0.5) is 0 Å². The van der Waals surface area contributed by atoms with Crippen LogP contribution in [-0.2, 0) is 4.79 Å². The molecule has 18 heavy (non-hydrogen) atoms. The average Bonchev–Trinajstić information content (AvgIpc) is 2.28. The molecule has 2 saturated carbocycles. The van der Waals surface area contributed by atoms with E-state index >= 15 is 0 Å². The van der Waals surface area contributed by atoms with Gasteiger partial charge in [0.2, 0.25) is 5.91 Å². The molecule has 0 saturated heterocycles. The molecule has 2 fully saturated rings. The van der Waals surface area contributed by atoms with Gasteiger partial charge in [0.05, 0.1) is 0 Å². The lowest BCUT2D eigenvalue weighted by Crippen LogP contribution is -2.39. The van der Waals surface area contributed by atoms with Gasteiger partial charge in [0, 0.05) is 18.5 Å². The minimum absolute atomic E-state index is 0.258. The van der Waals surface area contributed by atoms with E-state index in [-0.39, 0.29) is 5.91 Å². The fraction of sp³-hybridized carbons (Fsp3) is 0.933. The first-order valence-electron chi connectivity index (χ1n) is 7.68. The normalized spacial score (nSPS) is 37.2. The lowest BCUT2D eigenvalue weighted by molar-refractivity contribution is -0.123. The molecule has 0 aliphatic heterocycles. The minimum atomic E-state index is 0.258. The van der Waals surface area contributed by atoms with E-state index in [1.54, 1.807) is 0 Å². The van der Waals surface area contributed by atoms with Gasteiger partial charge in [-0.3, -0.25) is 4.79 Å². The lowest BCUT2D eigenvalue weighted by atomic mass is 9.83. The van der Waals surface area contributed by atoms with Crippen LogP contribution < -0.4 is 11.1 Å². The Labute approximate surface area is 111 Å². The van der Waals surface area contributed by atoms with E-state index in [1.807, 2.05) is 0 Å². The van der Waals surface area contributed by atoms with E-state index in [0.29, 0.717) is 24.4 Å². The Hall–Kier alpha value is -0.570. The number of nitrogens with two attached hydrogens (primary N) is 1. The van der Waals surface area contributed by atoms with Crippen molar-refractivity contribution in [3.8, 4) is 0 Å². The van der Waals surface area contributed by atoms with Crippen molar-refractivity contribution in [3.63, 3.8) is 0 Å². The zero-order chi connectivity index (χ0) is 13.0. The van der Waals surface area contributed by atoms with E-state index in [2.05, 4.69) is 12.2 Å². The number of amides is 1. The van der Waals surface area contributed by atoms with Crippen molar-refractivity contribution in [2.75, 3.05) is 0 Å². The molecule has 1 amide bonds. The highest BCUT2D eigenvalue weighted by Gasteiger charge is 2.24. The van der Waals surface area contributed by atoms with Crippen molar-refractivity contribution in [2.24, 2.45) is 17.6 Å². The summed E-state index contributed by atoms with van der Waals surface area (Å²) < 4.78 is 0. The summed E-state index contributed by atoms with van der Waals surface area (Å²) in [5.74, 6) is 1.55. The number of carbonyl (C=O) groups excluding carboxylic acids is 1. The molecule has 0 aromatic rings. The Bertz CT molecular complexity index is 254. The SMILES string of the molecule is CC1CCCC(NC(=O)CC2CCCC(N)C2)C1. The first-order chi connectivity index (χ1) is 8.63. The van der Waals surface area contributed by atoms with Gasteiger partial charge in [-0.1, -0.05) is 26.2 Å². The second-order valence-corrected chi connectivity index (χ2v) is 6.53. The molecule has 0 heterocycles. The summed E-state index contributed by atoms with van der Waals surface area (Å²) in [6, 6.07) is 0.754. The number of rotatable bonds is 3. The summed E-state index contributed by atoms with van der Waals surface area (Å²) in [7, 11) is 0. The summed E-state index contributed by atoms with van der Waals surface area (Å²) in [5, 5.41) is 3.23. The van der Waals surface area contributed by atoms with Crippen molar-refractivity contribution in [1.29, 1.82) is 0 Å². The molecular weight excluding hydrogens is 224 g/mol. The zero-order valence-electron chi connectivity index (χ0n) is 11.7. The highest BCUT2D eigenvalue weighted by atomic mass is 16.1. The average molecular weight is 252 g/mol. The summed E-state index contributed by atoms with van der Waals surface area (Å²) in [4.78, 5) is 12.0. The third-order valence-electron chi connectivity index (χ3n) is 4.60. The van der Waals surface area contributed by atoms with Crippen LogP contribution in [0.2, 0.25) is 0 Å². The smallest absolute Gasteiger partial charge is 0.220 e. The fourth-order valence-corrected chi connectivity index (χ4v) is 3.63. The second-order valence-electron chi connectivity index (χ2n) is 6.53. The van der Waals surface area contributed by atoms with Gasteiger partial charge in [-0.25, -0.2) is 0 Å². The molecule has 4 unspecified atom stereocenters. The van der Waals surface area contributed by atoms with Gasteiger partial charge in [0.15, 0.2) is 0 Å². The summed E-state index contributed by atoms with van der Waals surface area (Å²) in [5.41, 5.74) is 5.97. The molecule has 2 rings (SSSR count). The van der Waals surface area contributed by atoms with Crippen LogP contribution in [0.5, 0.6) is 0 Å². The topological polar surface area (TPSA) is 55.1 Å². The maximum atomic E-state index is 12.0. The summed E-state index contributed by atoms with van der Waals surface area (Å²) >= 11 is 0. The standard InChI is InChI=1S/C15H28N2O/c1-11-4-2-7-14(8-11)17-15(18)10-12-5-3-6-13(16)9-12/h11-14H,2-10,16H2,1H3,(H,17,18). The molecule has 0 aromatic carbocycles. The molecule has 2 aliphatic rings. The highest BCUT2D eigenvalue weighted by molar-refractivity contribution is 5.76. The lowest BCUT2D eigenvalue weighted by Gasteiger charge is -2.29. The maximum Gasteiger partial charge on any atom is 0.220 e. The van der Waals surface area contributed by atoms with Crippen LogP contribution in [0, 0.1) is 11.8 Å². The van der Waals surface area contributed by atoms with Crippen molar-refractivity contribution < 1.29 is 4.79 Å². The van der Waals surface area contributed by atoms with E-state index in [4.69, 9.17) is 5.73 Å². The van der Waals surface area contributed by atoms with E-state index < -0.39 is 0 Å². The van der Waals surface area contributed by atoms with Crippen LogP contribution in [-0.4, -0.2) is 18.0 Å². The van der Waals surface area contributed by atoms with Crippen LogP contribution >= 0.6 is 0 Å². The van der Waals surface area contributed by atoms with Gasteiger partial charge in [0.25, 0.3) is 0 Å². The molecule has 104 valence electrons. The van der Waals surface area contributed by atoms with E-state index in [0.717, 1.165) is 25.2 Å². The largest absolute Gasteiger partial charge is 0.353 e. The first-order valence-corrected chi connectivity index (χ1v) is 7.68. The number of carbonyl (C=O) groups is 1. The molecule has 3 nitrogen and oxygen atoms in total. The van der Waals surface area contributed by atoms with Crippen molar-refractivity contribution in [1.82, 2.24) is 5.32 Å². The van der Waals surface area contributed by atoms with Gasteiger partial charge >= 0.3 is 0 Å². The Morgan fingerprint density at radius 3 is 2.67 bits per heavy atom. The Morgan fingerprint density at radius 2 is 1.94 bits per heavy atom. The minimum Gasteiger partial charge on any atom is -0.353 e. The quantitative estimate of drug-likeness (QED) is 0.811. The Balaban J connectivity index is 1.71. The van der Waals surface area contributed by atoms with Gasteiger partial charge in [-0.05, 0) is 43.9 Å². The third-order valence-corrected chi connectivity index (χ3v) is 4.60. The third kappa shape index (κ3) is 4.27. The van der Waals surface area contributed by atoms with Gasteiger partial charge in [-0.15, -0.1) is 0 Å². The number of nitrogens with one attached hydrogen (secondary N) is 1. The Kier molecular flexibility index (Phi) is 5.04. The zero-order valence-corrected chi connectivity index (χ0v) is 11.7. The molecule has 4 atom stereocenters. The summed E-state index contributed by atoms with van der Waals surface area (Å²) in [6.45, 7) is 2.29. The molecule has 0 spiro atoms. The summed E-state index contributed by atoms with van der Waals surface area (Å²) in [6.07, 6.45) is 10.2. The molecule has 3 heteroatoms. The van der Waals surface area contributed by atoms with E-state index in [9.17, 15) is 4.79 Å². The predicted molar refractivity (Wildman–Crippen MR) is 74.1 cm³/mol. The van der Waals surface area contributed by atoms with Crippen molar-refractivity contribution in [2.45, 2.75) is 76.8 Å². The fourth-order valence-electron chi connectivity index (χ4n) is 3.63. The van der Waals surface area contributed by atoms with Crippen LogP contribution in [0.25, 0.3) is 0 Å². The molecule has 0 aromatic heterocycles. The van der Waals surface area contributed by atoms with E-state index in [1.165, 1.54) is 32.1 Å². The van der Waals surface area contributed by atoms with Gasteiger partial charge in [0.1, 0.15) is 0 Å². The first kappa shape index (κ1) is 13.9. The maximum absolute atomic E-state index is 12.0. The van der Waals surface area contributed by atoms with Crippen LogP contribution in [0.1, 0.15) is 64.7 Å². The van der Waals surface area contributed by atoms with Gasteiger partial charge in [-0.2, -0.15) is 0 Å². The molecule has 0 radical (unpaired) electrons. The molecule has 2 aliphatic carbocycles. The van der Waals surface area contributed by atoms with Crippen molar-refractivity contribution >= 4 is 5.91 Å². The monoisotopic (exact) mass is 252 g/mol. The molecular formula is C15H28N2O. The number of hydrogen-bond acceptors (Lipinski definition) is 2. The van der Waals surface area contributed by atoms with Crippen LogP contribution in [0.15, 0.2) is 0 Å². The number of hydrogen-bond donors (Lipinski definition) is 2.